The largest absolute Gasteiger partial charge is 0.505 e. The smallest absolute Gasteiger partial charge is 0.206 e. The second-order valence-electron chi connectivity index (χ2n) is 3.45. The third kappa shape index (κ3) is 1.14. The van der Waals surface area contributed by atoms with Crippen LogP contribution in [0.5, 0.6) is 11.5 Å². The molecular formula is C9H10FNO2. The third-order valence-corrected chi connectivity index (χ3v) is 2.42. The Balaban J connectivity index is 2.54. The van der Waals surface area contributed by atoms with Crippen molar-refractivity contribution >= 4 is 0 Å². The Morgan fingerprint density at radius 2 is 1.92 bits per heavy atom. The van der Waals surface area contributed by atoms with Gasteiger partial charge in [-0.05, 0) is 25.0 Å². The first kappa shape index (κ1) is 8.31. The van der Waals surface area contributed by atoms with E-state index in [2.05, 4.69) is 0 Å². The lowest BCUT2D eigenvalue weighted by molar-refractivity contribution is 0.381. The molecule has 70 valence electrons. The van der Waals surface area contributed by atoms with Crippen LogP contribution in [-0.4, -0.2) is 10.2 Å². The van der Waals surface area contributed by atoms with Gasteiger partial charge in [-0.1, -0.05) is 0 Å². The topological polar surface area (TPSA) is 66.5 Å². The lowest BCUT2D eigenvalue weighted by atomic mass is 10.0. The Labute approximate surface area is 74.6 Å². The number of nitrogens with two attached hydrogens (primary N) is 1. The molecule has 0 amide bonds. The number of hydrogen-bond donors (Lipinski definition) is 3. The van der Waals surface area contributed by atoms with Crippen molar-refractivity contribution in [3.05, 3.63) is 23.5 Å². The first-order chi connectivity index (χ1) is 6.04. The van der Waals surface area contributed by atoms with Gasteiger partial charge >= 0.3 is 0 Å². The molecule has 13 heavy (non-hydrogen) atoms. The maximum absolute atomic E-state index is 13.0. The van der Waals surface area contributed by atoms with Crippen molar-refractivity contribution in [2.24, 2.45) is 5.73 Å². The van der Waals surface area contributed by atoms with E-state index in [9.17, 15) is 9.50 Å². The zero-order valence-electron chi connectivity index (χ0n) is 6.92. The zero-order valence-corrected chi connectivity index (χ0v) is 6.92. The molecule has 2 rings (SSSR count). The fourth-order valence-corrected chi connectivity index (χ4v) is 1.36. The van der Waals surface area contributed by atoms with Crippen molar-refractivity contribution in [1.29, 1.82) is 0 Å². The van der Waals surface area contributed by atoms with Crippen LogP contribution in [0.1, 0.15) is 18.4 Å². The summed E-state index contributed by atoms with van der Waals surface area (Å²) in [6, 6.07) is 2.66. The number of rotatable bonds is 1. The molecule has 0 aliphatic heterocycles. The van der Waals surface area contributed by atoms with E-state index < -0.39 is 22.9 Å². The Bertz CT molecular complexity index is 361. The number of phenolic OH excluding ortho intramolecular Hbond substituents is 2. The summed E-state index contributed by atoms with van der Waals surface area (Å²) in [5, 5.41) is 18.3. The summed E-state index contributed by atoms with van der Waals surface area (Å²) in [6.45, 7) is 0. The van der Waals surface area contributed by atoms with Crippen molar-refractivity contribution in [3.8, 4) is 11.5 Å². The van der Waals surface area contributed by atoms with Crippen molar-refractivity contribution in [2.45, 2.75) is 18.4 Å². The van der Waals surface area contributed by atoms with Gasteiger partial charge in [0.2, 0.25) is 5.82 Å². The molecule has 1 aliphatic carbocycles. The molecule has 0 heterocycles. The first-order valence-electron chi connectivity index (χ1n) is 4.04. The monoisotopic (exact) mass is 183 g/mol. The predicted molar refractivity (Wildman–Crippen MR) is 44.8 cm³/mol. The lowest BCUT2D eigenvalue weighted by Gasteiger charge is -2.11. The molecule has 0 unspecified atom stereocenters. The molecule has 4 heteroatoms. The van der Waals surface area contributed by atoms with Crippen molar-refractivity contribution in [2.75, 3.05) is 0 Å². The minimum absolute atomic E-state index is 0.378. The van der Waals surface area contributed by atoms with E-state index in [1.165, 1.54) is 12.1 Å². The highest BCUT2D eigenvalue weighted by atomic mass is 19.1. The average molecular weight is 183 g/mol. The van der Waals surface area contributed by atoms with Gasteiger partial charge in [-0.15, -0.1) is 0 Å². The zero-order chi connectivity index (χ0) is 9.64. The Morgan fingerprint density at radius 1 is 1.31 bits per heavy atom. The van der Waals surface area contributed by atoms with E-state index >= 15 is 0 Å². The predicted octanol–water partition coefficient (Wildman–Crippen LogP) is 1.18. The van der Waals surface area contributed by atoms with Gasteiger partial charge in [-0.3, -0.25) is 0 Å². The molecular weight excluding hydrogens is 173 g/mol. The highest BCUT2D eigenvalue weighted by Crippen LogP contribution is 2.47. The second kappa shape index (κ2) is 2.35. The maximum atomic E-state index is 13.0. The maximum Gasteiger partial charge on any atom is 0.206 e. The van der Waals surface area contributed by atoms with E-state index in [1.807, 2.05) is 0 Å². The van der Waals surface area contributed by atoms with Crippen LogP contribution < -0.4 is 5.73 Å². The first-order valence-corrected chi connectivity index (χ1v) is 4.04. The summed E-state index contributed by atoms with van der Waals surface area (Å²) in [4.78, 5) is 0. The Kier molecular flexibility index (Phi) is 1.51. The highest BCUT2D eigenvalue weighted by molar-refractivity contribution is 5.46. The van der Waals surface area contributed by atoms with E-state index in [0.29, 0.717) is 5.56 Å². The molecule has 0 bridgehead atoms. The summed E-state index contributed by atoms with van der Waals surface area (Å²) < 4.78 is 13.0. The standard InChI is InChI=1S/C9H10FNO2/c10-7-6(12)2-1-5(8(7)13)9(11)3-4-9/h1-2,12-13H,3-4,11H2. The fraction of sp³-hybridized carbons (Fsp3) is 0.333. The van der Waals surface area contributed by atoms with Crippen LogP contribution in [0.25, 0.3) is 0 Å². The van der Waals surface area contributed by atoms with Gasteiger partial charge in [0.05, 0.1) is 0 Å². The highest BCUT2D eigenvalue weighted by Gasteiger charge is 2.42. The van der Waals surface area contributed by atoms with Gasteiger partial charge in [-0.2, -0.15) is 4.39 Å². The average Bonchev–Trinajstić information content (AvgIpc) is 2.80. The van der Waals surface area contributed by atoms with Crippen molar-refractivity contribution in [3.63, 3.8) is 0 Å². The van der Waals surface area contributed by atoms with E-state index in [0.717, 1.165) is 12.8 Å². The van der Waals surface area contributed by atoms with Crippen LogP contribution in [0.15, 0.2) is 12.1 Å². The van der Waals surface area contributed by atoms with E-state index in [-0.39, 0.29) is 0 Å². The molecule has 0 radical (unpaired) electrons. The molecule has 1 saturated carbocycles. The molecule has 4 N–H and O–H groups in total. The SMILES string of the molecule is NC1(c2ccc(O)c(F)c2O)CC1. The van der Waals surface area contributed by atoms with Crippen LogP contribution in [0.3, 0.4) is 0 Å². The number of phenols is 2. The van der Waals surface area contributed by atoms with Gasteiger partial charge in [0.1, 0.15) is 0 Å². The third-order valence-electron chi connectivity index (χ3n) is 2.42. The molecule has 3 nitrogen and oxygen atoms in total. The van der Waals surface area contributed by atoms with Gasteiger partial charge in [-0.25, -0.2) is 0 Å². The summed E-state index contributed by atoms with van der Waals surface area (Å²) in [5.41, 5.74) is 5.57. The number of halogens is 1. The van der Waals surface area contributed by atoms with Crippen LogP contribution in [0, 0.1) is 5.82 Å². The van der Waals surface area contributed by atoms with Gasteiger partial charge in [0.15, 0.2) is 11.5 Å². The van der Waals surface area contributed by atoms with Crippen molar-refractivity contribution in [1.82, 2.24) is 0 Å². The lowest BCUT2D eigenvalue weighted by Crippen LogP contribution is -2.19. The molecule has 1 fully saturated rings. The Morgan fingerprint density at radius 3 is 2.46 bits per heavy atom. The minimum atomic E-state index is -0.991. The van der Waals surface area contributed by atoms with Crippen LogP contribution >= 0.6 is 0 Å². The van der Waals surface area contributed by atoms with Gasteiger partial charge in [0, 0.05) is 11.1 Å². The minimum Gasteiger partial charge on any atom is -0.505 e. The molecule has 0 atom stereocenters. The van der Waals surface area contributed by atoms with Crippen LogP contribution in [0.2, 0.25) is 0 Å². The molecule has 0 spiro atoms. The quantitative estimate of drug-likeness (QED) is 0.612. The summed E-state index contributed by atoms with van der Waals surface area (Å²) in [5.74, 6) is -2.07. The molecule has 1 aromatic carbocycles. The van der Waals surface area contributed by atoms with Crippen molar-refractivity contribution < 1.29 is 14.6 Å². The Hall–Kier alpha value is -1.29. The van der Waals surface area contributed by atoms with E-state index in [1.54, 1.807) is 0 Å². The van der Waals surface area contributed by atoms with Gasteiger partial charge in [0.25, 0.3) is 0 Å². The second-order valence-corrected chi connectivity index (χ2v) is 3.45. The number of benzene rings is 1. The van der Waals surface area contributed by atoms with Gasteiger partial charge < -0.3 is 15.9 Å². The summed E-state index contributed by atoms with van der Waals surface area (Å²) in [7, 11) is 0. The normalized spacial score (nSPS) is 18.6. The summed E-state index contributed by atoms with van der Waals surface area (Å²) >= 11 is 0. The van der Waals surface area contributed by atoms with Crippen LogP contribution in [0.4, 0.5) is 4.39 Å². The molecule has 0 saturated heterocycles. The summed E-state index contributed by atoms with van der Waals surface area (Å²) in [6.07, 6.45) is 1.48. The molecule has 1 aliphatic rings. The van der Waals surface area contributed by atoms with Crippen LogP contribution in [-0.2, 0) is 5.54 Å². The number of aromatic hydroxyl groups is 2. The fourth-order valence-electron chi connectivity index (χ4n) is 1.36. The number of hydrogen-bond acceptors (Lipinski definition) is 3. The molecule has 1 aromatic rings. The molecule has 0 aromatic heterocycles. The van der Waals surface area contributed by atoms with E-state index in [4.69, 9.17) is 10.8 Å².